The van der Waals surface area contributed by atoms with Crippen LogP contribution >= 0.6 is 12.4 Å². The molecule has 5 nitrogen and oxygen atoms in total. The van der Waals surface area contributed by atoms with Crippen molar-refractivity contribution in [3.05, 3.63) is 96.2 Å². The summed E-state index contributed by atoms with van der Waals surface area (Å²) in [5.41, 5.74) is 2.21. The molecule has 6 heteroatoms. The largest absolute Gasteiger partial charge is 0.505 e. The van der Waals surface area contributed by atoms with Crippen molar-refractivity contribution in [1.82, 2.24) is 4.98 Å². The number of halogens is 1. The normalized spacial score (nSPS) is 10.2. The lowest BCUT2D eigenvalue weighted by molar-refractivity contribution is 0.102. The number of amides is 1. The van der Waals surface area contributed by atoms with E-state index < -0.39 is 5.91 Å². The quantitative estimate of drug-likeness (QED) is 0.478. The van der Waals surface area contributed by atoms with Crippen molar-refractivity contribution < 1.29 is 14.6 Å². The highest BCUT2D eigenvalue weighted by Crippen LogP contribution is 2.28. The fourth-order valence-corrected chi connectivity index (χ4v) is 2.92. The number of phenolic OH excluding ortho intramolecular Hbond substituents is 1. The highest BCUT2D eigenvalue weighted by molar-refractivity contribution is 6.09. The van der Waals surface area contributed by atoms with Gasteiger partial charge in [0.25, 0.3) is 5.91 Å². The summed E-state index contributed by atoms with van der Waals surface area (Å²) in [4.78, 5) is 16.8. The smallest absolute Gasteiger partial charge is 0.259 e. The summed E-state index contributed by atoms with van der Waals surface area (Å²) in [6, 6.07) is 24.0. The highest BCUT2D eigenvalue weighted by Gasteiger charge is 2.15. The number of fused-ring (bicyclic) bond motifs is 1. The number of pyridine rings is 1. The minimum atomic E-state index is -0.412. The van der Waals surface area contributed by atoms with Gasteiger partial charge in [-0.2, -0.15) is 0 Å². The van der Waals surface area contributed by atoms with E-state index in [1.54, 1.807) is 42.6 Å². The van der Waals surface area contributed by atoms with Gasteiger partial charge in [-0.1, -0.05) is 48.5 Å². The van der Waals surface area contributed by atoms with Gasteiger partial charge in [-0.25, -0.2) is 0 Å². The van der Waals surface area contributed by atoms with Crippen LogP contribution in [0.25, 0.3) is 10.9 Å². The second-order valence-electron chi connectivity index (χ2n) is 6.29. The molecule has 0 radical (unpaired) electrons. The molecule has 0 bridgehead atoms. The summed E-state index contributed by atoms with van der Waals surface area (Å²) >= 11 is 0. The van der Waals surface area contributed by atoms with Gasteiger partial charge in [0.05, 0.1) is 5.56 Å². The van der Waals surface area contributed by atoms with Gasteiger partial charge < -0.3 is 15.2 Å². The maximum absolute atomic E-state index is 12.6. The number of anilines is 1. The van der Waals surface area contributed by atoms with Crippen LogP contribution in [0.2, 0.25) is 0 Å². The Morgan fingerprint density at radius 2 is 1.79 bits per heavy atom. The first-order chi connectivity index (χ1) is 13.7. The summed E-state index contributed by atoms with van der Waals surface area (Å²) in [5, 5.41) is 14.0. The topological polar surface area (TPSA) is 71.5 Å². The number of aromatic hydroxyl groups is 1. The summed E-state index contributed by atoms with van der Waals surface area (Å²) in [6.07, 6.45) is 1.58. The number of aromatic nitrogens is 1. The fourth-order valence-electron chi connectivity index (χ4n) is 2.92. The van der Waals surface area contributed by atoms with Crippen LogP contribution < -0.4 is 10.1 Å². The Hall–Kier alpha value is -3.57. The van der Waals surface area contributed by atoms with E-state index in [9.17, 15) is 9.90 Å². The Bertz CT molecular complexity index is 1130. The van der Waals surface area contributed by atoms with Crippen LogP contribution in [0.3, 0.4) is 0 Å². The third-order valence-corrected chi connectivity index (χ3v) is 4.33. The second kappa shape index (κ2) is 9.08. The molecule has 0 atom stereocenters. The maximum atomic E-state index is 12.6. The van der Waals surface area contributed by atoms with Crippen LogP contribution in [-0.4, -0.2) is 16.0 Å². The summed E-state index contributed by atoms with van der Waals surface area (Å²) in [5.74, 6) is 0.100. The average Bonchev–Trinajstić information content (AvgIpc) is 2.74. The number of benzene rings is 3. The predicted molar refractivity (Wildman–Crippen MR) is 116 cm³/mol. The SMILES string of the molecule is Cl.O=C(Nc1cccc(OCc2ccccc2)c1)c1ccc2cccnc2c1O. The molecule has 0 aliphatic rings. The third kappa shape index (κ3) is 4.65. The van der Waals surface area contributed by atoms with E-state index in [0.29, 0.717) is 23.6 Å². The first kappa shape index (κ1) is 20.2. The van der Waals surface area contributed by atoms with Crippen molar-refractivity contribution in [3.8, 4) is 11.5 Å². The number of nitrogens with one attached hydrogen (secondary N) is 1. The molecule has 1 amide bonds. The van der Waals surface area contributed by atoms with Crippen molar-refractivity contribution in [2.75, 3.05) is 5.32 Å². The standard InChI is InChI=1S/C23H18N2O3.ClH/c26-22-20(12-11-17-8-5-13-24-21(17)22)23(27)25-18-9-4-10-19(14-18)28-15-16-6-2-1-3-7-16;/h1-14,26H,15H2,(H,25,27);1H. The Balaban J connectivity index is 0.00000240. The van der Waals surface area contributed by atoms with Crippen LogP contribution in [0.4, 0.5) is 5.69 Å². The van der Waals surface area contributed by atoms with Gasteiger partial charge in [0.2, 0.25) is 0 Å². The predicted octanol–water partition coefficient (Wildman–Crippen LogP) is 5.19. The number of phenols is 1. The average molecular weight is 407 g/mol. The van der Waals surface area contributed by atoms with Gasteiger partial charge in [0, 0.05) is 23.3 Å². The molecule has 0 unspecified atom stereocenters. The molecule has 3 aromatic carbocycles. The van der Waals surface area contributed by atoms with E-state index in [1.165, 1.54) is 0 Å². The fraction of sp³-hybridized carbons (Fsp3) is 0.0435. The minimum Gasteiger partial charge on any atom is -0.505 e. The number of nitrogens with zero attached hydrogens (tertiary/aromatic N) is 1. The number of rotatable bonds is 5. The molecule has 0 saturated heterocycles. The molecule has 146 valence electrons. The molecule has 0 aliphatic heterocycles. The monoisotopic (exact) mass is 406 g/mol. The van der Waals surface area contributed by atoms with E-state index in [2.05, 4.69) is 10.3 Å². The van der Waals surface area contributed by atoms with Crippen molar-refractivity contribution in [2.45, 2.75) is 6.61 Å². The number of hydrogen-bond acceptors (Lipinski definition) is 4. The van der Waals surface area contributed by atoms with Crippen molar-refractivity contribution in [2.24, 2.45) is 0 Å². The van der Waals surface area contributed by atoms with E-state index in [1.807, 2.05) is 42.5 Å². The molecule has 0 aliphatic carbocycles. The number of hydrogen-bond donors (Lipinski definition) is 2. The lowest BCUT2D eigenvalue weighted by Gasteiger charge is -2.11. The molecular formula is C23H19ClN2O3. The first-order valence-corrected chi connectivity index (χ1v) is 8.85. The van der Waals surface area contributed by atoms with Gasteiger partial charge in [-0.3, -0.25) is 9.78 Å². The number of carbonyl (C=O) groups is 1. The van der Waals surface area contributed by atoms with Crippen LogP contribution in [0.15, 0.2) is 85.1 Å². The zero-order valence-corrected chi connectivity index (χ0v) is 16.2. The van der Waals surface area contributed by atoms with E-state index in [4.69, 9.17) is 4.74 Å². The van der Waals surface area contributed by atoms with Crippen molar-refractivity contribution >= 4 is 34.9 Å². The Morgan fingerprint density at radius 1 is 0.966 bits per heavy atom. The van der Waals surface area contributed by atoms with E-state index >= 15 is 0 Å². The van der Waals surface area contributed by atoms with E-state index in [0.717, 1.165) is 10.9 Å². The summed E-state index contributed by atoms with van der Waals surface area (Å²) in [7, 11) is 0. The Labute approximate surface area is 174 Å². The molecule has 0 saturated carbocycles. The van der Waals surface area contributed by atoms with Gasteiger partial charge in [-0.15, -0.1) is 12.4 Å². The molecular weight excluding hydrogens is 388 g/mol. The molecule has 29 heavy (non-hydrogen) atoms. The highest BCUT2D eigenvalue weighted by atomic mass is 35.5. The molecule has 0 spiro atoms. The molecule has 4 aromatic rings. The number of ether oxygens (including phenoxy) is 1. The van der Waals surface area contributed by atoms with Crippen LogP contribution in [0.5, 0.6) is 11.5 Å². The Morgan fingerprint density at radius 3 is 2.62 bits per heavy atom. The van der Waals surface area contributed by atoms with Crippen molar-refractivity contribution in [3.63, 3.8) is 0 Å². The van der Waals surface area contributed by atoms with Crippen LogP contribution in [0.1, 0.15) is 15.9 Å². The minimum absolute atomic E-state index is 0. The summed E-state index contributed by atoms with van der Waals surface area (Å²) < 4.78 is 5.79. The van der Waals surface area contributed by atoms with Gasteiger partial charge >= 0.3 is 0 Å². The zero-order chi connectivity index (χ0) is 19.3. The van der Waals surface area contributed by atoms with Crippen LogP contribution in [0, 0.1) is 0 Å². The maximum Gasteiger partial charge on any atom is 0.259 e. The van der Waals surface area contributed by atoms with E-state index in [-0.39, 0.29) is 23.7 Å². The first-order valence-electron chi connectivity index (χ1n) is 8.85. The van der Waals surface area contributed by atoms with Gasteiger partial charge in [0.1, 0.15) is 17.9 Å². The third-order valence-electron chi connectivity index (χ3n) is 4.33. The second-order valence-corrected chi connectivity index (χ2v) is 6.29. The molecule has 1 heterocycles. The lowest BCUT2D eigenvalue weighted by Crippen LogP contribution is -2.12. The van der Waals surface area contributed by atoms with Crippen molar-refractivity contribution in [1.29, 1.82) is 0 Å². The van der Waals surface area contributed by atoms with Crippen LogP contribution in [-0.2, 0) is 6.61 Å². The Kier molecular flexibility index (Phi) is 6.32. The lowest BCUT2D eigenvalue weighted by atomic mass is 10.1. The van der Waals surface area contributed by atoms with Gasteiger partial charge in [-0.05, 0) is 29.8 Å². The number of carbonyl (C=O) groups excluding carboxylic acids is 1. The molecule has 1 aromatic heterocycles. The summed E-state index contributed by atoms with van der Waals surface area (Å²) in [6.45, 7) is 0.440. The molecule has 2 N–H and O–H groups in total. The molecule has 4 rings (SSSR count). The zero-order valence-electron chi connectivity index (χ0n) is 15.4. The van der Waals surface area contributed by atoms with Gasteiger partial charge in [0.15, 0.2) is 5.75 Å². The molecule has 0 fully saturated rings.